The van der Waals surface area contributed by atoms with Crippen molar-refractivity contribution in [3.05, 3.63) is 65.4 Å². The Hall–Kier alpha value is -3.08. The molecule has 0 atom stereocenters. The van der Waals surface area contributed by atoms with Crippen molar-refractivity contribution in [3.8, 4) is 5.75 Å². The number of esters is 1. The smallest absolute Gasteiger partial charge is 0.308 e. The minimum atomic E-state index is -0.389. The number of rotatable bonds is 5. The van der Waals surface area contributed by atoms with Crippen LogP contribution in [0.4, 0.5) is 0 Å². The van der Waals surface area contributed by atoms with Crippen LogP contribution in [0, 0.1) is 6.92 Å². The molecule has 0 fully saturated rings. The first kappa shape index (κ1) is 16.8. The Morgan fingerprint density at radius 1 is 1.12 bits per heavy atom. The zero-order chi connectivity index (χ0) is 18.0. The van der Waals surface area contributed by atoms with Crippen molar-refractivity contribution in [1.82, 2.24) is 4.57 Å². The van der Waals surface area contributed by atoms with Crippen molar-refractivity contribution in [1.29, 1.82) is 0 Å². The van der Waals surface area contributed by atoms with Crippen LogP contribution in [-0.4, -0.2) is 16.4 Å². The fourth-order valence-electron chi connectivity index (χ4n) is 3.13. The van der Waals surface area contributed by atoms with E-state index in [4.69, 9.17) is 10.5 Å². The summed E-state index contributed by atoms with van der Waals surface area (Å²) < 4.78 is 7.34. The molecule has 1 amide bonds. The summed E-state index contributed by atoms with van der Waals surface area (Å²) in [5.41, 5.74) is 9.43. The first-order chi connectivity index (χ1) is 12.0. The number of carbonyl (C=O) groups is 2. The van der Waals surface area contributed by atoms with Crippen LogP contribution in [0.15, 0.2) is 48.5 Å². The van der Waals surface area contributed by atoms with E-state index in [0.717, 1.165) is 27.7 Å². The van der Waals surface area contributed by atoms with Gasteiger partial charge in [0.15, 0.2) is 0 Å². The molecule has 0 saturated heterocycles. The molecule has 2 N–H and O–H groups in total. The Labute approximate surface area is 146 Å². The highest BCUT2D eigenvalue weighted by Crippen LogP contribution is 2.30. The lowest BCUT2D eigenvalue weighted by atomic mass is 10.1. The third-order valence-electron chi connectivity index (χ3n) is 4.22. The summed E-state index contributed by atoms with van der Waals surface area (Å²) in [6, 6.07) is 15.6. The van der Waals surface area contributed by atoms with Crippen molar-refractivity contribution < 1.29 is 14.3 Å². The van der Waals surface area contributed by atoms with Gasteiger partial charge in [-0.3, -0.25) is 9.59 Å². The lowest BCUT2D eigenvalue weighted by molar-refractivity contribution is -0.131. The summed E-state index contributed by atoms with van der Waals surface area (Å²) in [4.78, 5) is 22.7. The van der Waals surface area contributed by atoms with Gasteiger partial charge in [0, 0.05) is 30.1 Å². The van der Waals surface area contributed by atoms with E-state index in [1.165, 1.54) is 6.92 Å². The Bertz CT molecular complexity index is 942. The number of nitrogens with two attached hydrogens (primary N) is 1. The third-order valence-corrected chi connectivity index (χ3v) is 4.22. The fraction of sp³-hybridized carbons (Fsp3) is 0.200. The fourth-order valence-corrected chi connectivity index (χ4v) is 3.13. The summed E-state index contributed by atoms with van der Waals surface area (Å²) >= 11 is 0. The maximum absolute atomic E-state index is 11.5. The number of carbonyl (C=O) groups excluding carboxylic acids is 2. The first-order valence-corrected chi connectivity index (χ1v) is 8.08. The van der Waals surface area contributed by atoms with Gasteiger partial charge in [-0.05, 0) is 36.2 Å². The molecule has 0 spiro atoms. The average Bonchev–Trinajstić information content (AvgIpc) is 2.80. The van der Waals surface area contributed by atoms with Gasteiger partial charge in [0.1, 0.15) is 5.75 Å². The summed E-state index contributed by atoms with van der Waals surface area (Å²) in [7, 11) is 0. The maximum atomic E-state index is 11.5. The van der Waals surface area contributed by atoms with Gasteiger partial charge in [0.2, 0.25) is 5.91 Å². The highest BCUT2D eigenvalue weighted by atomic mass is 16.5. The molecule has 25 heavy (non-hydrogen) atoms. The van der Waals surface area contributed by atoms with E-state index in [0.29, 0.717) is 12.3 Å². The minimum absolute atomic E-state index is 0.146. The second-order valence-corrected chi connectivity index (χ2v) is 6.05. The molecule has 0 aliphatic carbocycles. The number of primary amides is 1. The first-order valence-electron chi connectivity index (χ1n) is 8.08. The standard InChI is InChI=1S/C20H20N2O3/c1-13-17(11-20(21)24)18-10-16(25-14(2)23)8-9-19(18)22(13)12-15-6-4-3-5-7-15/h3-10H,11-12H2,1-2H3,(H2,21,24). The van der Waals surface area contributed by atoms with E-state index in [2.05, 4.69) is 16.7 Å². The van der Waals surface area contributed by atoms with E-state index in [1.807, 2.05) is 31.2 Å². The number of aromatic nitrogens is 1. The number of ether oxygens (including phenoxy) is 1. The molecular formula is C20H20N2O3. The topological polar surface area (TPSA) is 74.3 Å². The molecule has 128 valence electrons. The van der Waals surface area contributed by atoms with Crippen molar-refractivity contribution >= 4 is 22.8 Å². The Morgan fingerprint density at radius 3 is 2.48 bits per heavy atom. The second kappa shape index (κ2) is 6.81. The molecule has 0 radical (unpaired) electrons. The van der Waals surface area contributed by atoms with E-state index in [9.17, 15) is 9.59 Å². The molecule has 3 aromatic rings. The quantitative estimate of drug-likeness (QED) is 0.575. The largest absolute Gasteiger partial charge is 0.427 e. The summed E-state index contributed by atoms with van der Waals surface area (Å²) in [5.74, 6) is -0.307. The van der Waals surface area contributed by atoms with E-state index in [1.54, 1.807) is 12.1 Å². The third kappa shape index (κ3) is 3.55. The van der Waals surface area contributed by atoms with Crippen LogP contribution in [-0.2, 0) is 22.6 Å². The van der Waals surface area contributed by atoms with Gasteiger partial charge < -0.3 is 15.0 Å². The Balaban J connectivity index is 2.14. The highest BCUT2D eigenvalue weighted by Gasteiger charge is 2.17. The lowest BCUT2D eigenvalue weighted by Gasteiger charge is -2.09. The van der Waals surface area contributed by atoms with Gasteiger partial charge >= 0.3 is 5.97 Å². The molecular weight excluding hydrogens is 316 g/mol. The molecule has 2 aromatic carbocycles. The second-order valence-electron chi connectivity index (χ2n) is 6.05. The molecule has 1 aromatic heterocycles. The predicted molar refractivity (Wildman–Crippen MR) is 96.4 cm³/mol. The number of fused-ring (bicyclic) bond motifs is 1. The van der Waals surface area contributed by atoms with Crippen LogP contribution < -0.4 is 10.5 Å². The van der Waals surface area contributed by atoms with Gasteiger partial charge in [0.25, 0.3) is 0 Å². The molecule has 5 heteroatoms. The van der Waals surface area contributed by atoms with Gasteiger partial charge in [0.05, 0.1) is 6.42 Å². The number of nitrogens with zero attached hydrogens (tertiary/aromatic N) is 1. The molecule has 0 bridgehead atoms. The van der Waals surface area contributed by atoms with Gasteiger partial charge in [-0.15, -0.1) is 0 Å². The molecule has 0 unspecified atom stereocenters. The van der Waals surface area contributed by atoms with Gasteiger partial charge in [-0.2, -0.15) is 0 Å². The van der Waals surface area contributed by atoms with Crippen molar-refractivity contribution in [2.75, 3.05) is 0 Å². The Kier molecular flexibility index (Phi) is 4.57. The number of hydrogen-bond acceptors (Lipinski definition) is 3. The zero-order valence-electron chi connectivity index (χ0n) is 14.3. The molecule has 0 aliphatic heterocycles. The van der Waals surface area contributed by atoms with Crippen molar-refractivity contribution in [3.63, 3.8) is 0 Å². The maximum Gasteiger partial charge on any atom is 0.308 e. The summed E-state index contributed by atoms with van der Waals surface area (Å²) in [6.45, 7) is 4.03. The average molecular weight is 336 g/mol. The lowest BCUT2D eigenvalue weighted by Crippen LogP contribution is -2.14. The van der Waals surface area contributed by atoms with Crippen LogP contribution in [0.5, 0.6) is 5.75 Å². The van der Waals surface area contributed by atoms with Crippen LogP contribution in [0.2, 0.25) is 0 Å². The monoisotopic (exact) mass is 336 g/mol. The van der Waals surface area contributed by atoms with Crippen LogP contribution in [0.3, 0.4) is 0 Å². The van der Waals surface area contributed by atoms with Crippen molar-refractivity contribution in [2.45, 2.75) is 26.8 Å². The molecule has 0 aliphatic rings. The normalized spacial score (nSPS) is 10.8. The number of hydrogen-bond donors (Lipinski definition) is 1. The number of benzene rings is 2. The number of amides is 1. The van der Waals surface area contributed by atoms with E-state index >= 15 is 0 Å². The van der Waals surface area contributed by atoms with Crippen molar-refractivity contribution in [2.24, 2.45) is 5.73 Å². The summed E-state index contributed by atoms with van der Waals surface area (Å²) in [6.07, 6.45) is 0.146. The van der Waals surface area contributed by atoms with Crippen LogP contribution in [0.1, 0.15) is 23.7 Å². The minimum Gasteiger partial charge on any atom is -0.427 e. The van der Waals surface area contributed by atoms with E-state index < -0.39 is 0 Å². The molecule has 0 saturated carbocycles. The van der Waals surface area contributed by atoms with Crippen LogP contribution >= 0.6 is 0 Å². The van der Waals surface area contributed by atoms with E-state index in [-0.39, 0.29) is 18.3 Å². The Morgan fingerprint density at radius 2 is 1.84 bits per heavy atom. The molecule has 5 nitrogen and oxygen atoms in total. The SMILES string of the molecule is CC(=O)Oc1ccc2c(c1)c(CC(N)=O)c(C)n2Cc1ccccc1. The molecule has 1 heterocycles. The van der Waals surface area contributed by atoms with Gasteiger partial charge in [-0.25, -0.2) is 0 Å². The van der Waals surface area contributed by atoms with Crippen LogP contribution in [0.25, 0.3) is 10.9 Å². The molecule has 3 rings (SSSR count). The predicted octanol–water partition coefficient (Wildman–Crippen LogP) is 2.95. The van der Waals surface area contributed by atoms with Gasteiger partial charge in [-0.1, -0.05) is 30.3 Å². The summed E-state index contributed by atoms with van der Waals surface area (Å²) in [5, 5.41) is 0.881. The zero-order valence-corrected chi connectivity index (χ0v) is 14.3. The highest BCUT2D eigenvalue weighted by molar-refractivity contribution is 5.91.